The van der Waals surface area contributed by atoms with Crippen molar-refractivity contribution in [2.45, 2.75) is 32.8 Å². The minimum atomic E-state index is -0.774. The highest BCUT2D eigenvalue weighted by atomic mass is 16.5. The molecular formula is C16H23NO5. The minimum absolute atomic E-state index is 0.0191. The van der Waals surface area contributed by atoms with E-state index in [-0.39, 0.29) is 5.75 Å². The molecule has 0 aliphatic carbocycles. The number of carbonyl (C=O) groups is 1. The van der Waals surface area contributed by atoms with Crippen molar-refractivity contribution in [2.75, 3.05) is 7.11 Å². The number of rotatable bonds is 7. The van der Waals surface area contributed by atoms with Gasteiger partial charge in [-0.15, -0.1) is 0 Å². The molecule has 22 heavy (non-hydrogen) atoms. The van der Waals surface area contributed by atoms with E-state index >= 15 is 0 Å². The number of allylic oxidation sites excluding steroid dienone is 1. The van der Waals surface area contributed by atoms with E-state index in [0.717, 1.165) is 0 Å². The maximum absolute atomic E-state index is 10.9. The molecule has 0 unspecified atom stereocenters. The van der Waals surface area contributed by atoms with E-state index in [9.17, 15) is 15.0 Å². The van der Waals surface area contributed by atoms with Gasteiger partial charge in [-0.05, 0) is 36.0 Å². The Labute approximate surface area is 130 Å². The van der Waals surface area contributed by atoms with Gasteiger partial charge in [0.25, 0.3) is 5.91 Å². The molecular weight excluding hydrogens is 286 g/mol. The Bertz CT molecular complexity index is 539. The summed E-state index contributed by atoms with van der Waals surface area (Å²) >= 11 is 0. The molecule has 0 saturated carbocycles. The molecule has 6 heteroatoms. The number of phenolic OH excluding ortho intramolecular Hbond substituents is 1. The smallest absolute Gasteiger partial charge is 0.267 e. The molecule has 0 heterocycles. The lowest BCUT2D eigenvalue weighted by molar-refractivity contribution is -0.124. The quantitative estimate of drug-likeness (QED) is 0.352. The Morgan fingerprint density at radius 2 is 2.14 bits per heavy atom. The lowest BCUT2D eigenvalue weighted by Crippen LogP contribution is -2.22. The van der Waals surface area contributed by atoms with Crippen LogP contribution >= 0.6 is 0 Å². The molecule has 122 valence electrons. The van der Waals surface area contributed by atoms with Crippen molar-refractivity contribution in [1.82, 2.24) is 5.48 Å². The first-order chi connectivity index (χ1) is 10.3. The number of aliphatic hydroxyl groups is 1. The van der Waals surface area contributed by atoms with Crippen molar-refractivity contribution >= 4 is 5.91 Å². The maximum atomic E-state index is 10.9. The van der Waals surface area contributed by atoms with Crippen LogP contribution < -0.4 is 10.2 Å². The molecule has 0 aliphatic heterocycles. The van der Waals surface area contributed by atoms with Gasteiger partial charge in [-0.3, -0.25) is 10.0 Å². The van der Waals surface area contributed by atoms with Gasteiger partial charge >= 0.3 is 0 Å². The highest BCUT2D eigenvalue weighted by molar-refractivity contribution is 5.86. The third kappa shape index (κ3) is 4.75. The molecule has 4 N–H and O–H groups in total. The Hall–Kier alpha value is -2.05. The summed E-state index contributed by atoms with van der Waals surface area (Å²) in [5.74, 6) is -0.250. The van der Waals surface area contributed by atoms with Gasteiger partial charge in [-0.1, -0.05) is 26.0 Å². The third-order valence-electron chi connectivity index (χ3n) is 3.59. The zero-order valence-corrected chi connectivity index (χ0v) is 13.0. The molecule has 1 rings (SSSR count). The van der Waals surface area contributed by atoms with Crippen LogP contribution in [0.2, 0.25) is 0 Å². The number of hydrogen-bond donors (Lipinski definition) is 4. The zero-order chi connectivity index (χ0) is 16.8. The summed E-state index contributed by atoms with van der Waals surface area (Å²) in [6.45, 7) is 3.80. The van der Waals surface area contributed by atoms with Crippen molar-refractivity contribution in [3.05, 3.63) is 35.9 Å². The van der Waals surface area contributed by atoms with E-state index in [1.165, 1.54) is 24.7 Å². The van der Waals surface area contributed by atoms with Crippen LogP contribution in [0.1, 0.15) is 38.4 Å². The first-order valence-electron chi connectivity index (χ1n) is 6.97. The molecule has 1 aromatic carbocycles. The molecule has 6 nitrogen and oxygen atoms in total. The van der Waals surface area contributed by atoms with E-state index in [0.29, 0.717) is 24.2 Å². The second-order valence-corrected chi connectivity index (χ2v) is 5.74. The standard InChI is InChI=1S/C16H23NO5/c1-16(2,9-5-4-6-14(19)17-21)15(20)11-7-8-13(22-3)12(18)10-11/h4,6-8,10,15,18,20-21H,5,9H2,1-3H3,(H,17,19)/b6-4+/t15-/m1/s1. The SMILES string of the molecule is COc1ccc([C@@H](O)C(C)(C)CC/C=C/C(=O)NO)cc1O. The highest BCUT2D eigenvalue weighted by Gasteiger charge is 2.29. The van der Waals surface area contributed by atoms with Crippen LogP contribution in [0.3, 0.4) is 0 Å². The van der Waals surface area contributed by atoms with Crippen LogP contribution in [0.25, 0.3) is 0 Å². The summed E-state index contributed by atoms with van der Waals surface area (Å²) in [6.07, 6.45) is 3.28. The molecule has 0 aliphatic rings. The third-order valence-corrected chi connectivity index (χ3v) is 3.59. The fraction of sp³-hybridized carbons (Fsp3) is 0.438. The van der Waals surface area contributed by atoms with Crippen LogP contribution in [-0.4, -0.2) is 28.4 Å². The van der Waals surface area contributed by atoms with Crippen molar-refractivity contribution in [3.63, 3.8) is 0 Å². The first-order valence-corrected chi connectivity index (χ1v) is 6.97. The van der Waals surface area contributed by atoms with Gasteiger partial charge in [0, 0.05) is 6.08 Å². The maximum Gasteiger partial charge on any atom is 0.267 e. The summed E-state index contributed by atoms with van der Waals surface area (Å²) in [4.78, 5) is 10.9. The summed E-state index contributed by atoms with van der Waals surface area (Å²) < 4.78 is 4.98. The fourth-order valence-electron chi connectivity index (χ4n) is 2.15. The Balaban J connectivity index is 2.73. The Morgan fingerprint density at radius 3 is 2.68 bits per heavy atom. The van der Waals surface area contributed by atoms with Crippen molar-refractivity contribution < 1.29 is 25.0 Å². The number of hydrogen-bond acceptors (Lipinski definition) is 5. The largest absolute Gasteiger partial charge is 0.504 e. The topological polar surface area (TPSA) is 99.0 Å². The van der Waals surface area contributed by atoms with Crippen molar-refractivity contribution in [3.8, 4) is 11.5 Å². The summed E-state index contributed by atoms with van der Waals surface area (Å²) in [5.41, 5.74) is 1.65. The first kappa shape index (κ1) is 18.0. The number of methoxy groups -OCH3 is 1. The van der Waals surface area contributed by atoms with E-state index in [4.69, 9.17) is 9.94 Å². The molecule has 0 spiro atoms. The van der Waals surface area contributed by atoms with E-state index in [2.05, 4.69) is 0 Å². The van der Waals surface area contributed by atoms with Crippen LogP contribution in [0, 0.1) is 5.41 Å². The van der Waals surface area contributed by atoms with Crippen LogP contribution in [0.15, 0.2) is 30.4 Å². The monoisotopic (exact) mass is 309 g/mol. The van der Waals surface area contributed by atoms with Crippen molar-refractivity contribution in [2.24, 2.45) is 5.41 Å². The molecule has 0 bridgehead atoms. The van der Waals surface area contributed by atoms with Gasteiger partial charge in [-0.2, -0.15) is 0 Å². The number of aromatic hydroxyl groups is 1. The average Bonchev–Trinajstić information content (AvgIpc) is 2.50. The number of hydroxylamine groups is 1. The number of nitrogens with one attached hydrogen (secondary N) is 1. The number of benzene rings is 1. The van der Waals surface area contributed by atoms with Crippen molar-refractivity contribution in [1.29, 1.82) is 0 Å². The average molecular weight is 309 g/mol. The number of amides is 1. The highest BCUT2D eigenvalue weighted by Crippen LogP contribution is 2.39. The molecule has 0 radical (unpaired) electrons. The number of carbonyl (C=O) groups excluding carboxylic acids is 1. The number of phenols is 1. The lowest BCUT2D eigenvalue weighted by Gasteiger charge is -2.30. The van der Waals surface area contributed by atoms with Gasteiger partial charge in [0.05, 0.1) is 13.2 Å². The molecule has 1 amide bonds. The molecule has 0 aromatic heterocycles. The van der Waals surface area contributed by atoms with Gasteiger partial charge in [-0.25, -0.2) is 5.48 Å². The zero-order valence-electron chi connectivity index (χ0n) is 13.0. The van der Waals surface area contributed by atoms with Crippen LogP contribution in [0.4, 0.5) is 0 Å². The molecule has 0 saturated heterocycles. The Morgan fingerprint density at radius 1 is 1.45 bits per heavy atom. The van der Waals surface area contributed by atoms with Gasteiger partial charge < -0.3 is 14.9 Å². The summed E-state index contributed by atoms with van der Waals surface area (Å²) in [5, 5.41) is 28.7. The summed E-state index contributed by atoms with van der Waals surface area (Å²) in [6, 6.07) is 4.80. The van der Waals surface area contributed by atoms with Crippen LogP contribution in [-0.2, 0) is 4.79 Å². The number of aliphatic hydroxyl groups excluding tert-OH is 1. The second-order valence-electron chi connectivity index (χ2n) is 5.74. The van der Waals surface area contributed by atoms with Crippen LogP contribution in [0.5, 0.6) is 11.5 Å². The van der Waals surface area contributed by atoms with E-state index in [1.807, 2.05) is 13.8 Å². The Kier molecular flexibility index (Phi) is 6.39. The minimum Gasteiger partial charge on any atom is -0.504 e. The summed E-state index contributed by atoms with van der Waals surface area (Å²) in [7, 11) is 1.46. The van der Waals surface area contributed by atoms with E-state index < -0.39 is 17.4 Å². The van der Waals surface area contributed by atoms with Gasteiger partial charge in [0.15, 0.2) is 11.5 Å². The predicted octanol–water partition coefficient (Wildman–Crippen LogP) is 2.30. The number of ether oxygens (including phenoxy) is 1. The molecule has 1 atom stereocenters. The molecule has 1 aromatic rings. The second kappa shape index (κ2) is 7.82. The molecule has 0 fully saturated rings. The predicted molar refractivity (Wildman–Crippen MR) is 81.7 cm³/mol. The van der Waals surface area contributed by atoms with Gasteiger partial charge in [0.2, 0.25) is 0 Å². The van der Waals surface area contributed by atoms with E-state index in [1.54, 1.807) is 18.2 Å². The van der Waals surface area contributed by atoms with Gasteiger partial charge in [0.1, 0.15) is 0 Å². The normalized spacial score (nSPS) is 13.1. The fourth-order valence-corrected chi connectivity index (χ4v) is 2.15. The lowest BCUT2D eigenvalue weighted by atomic mass is 9.79.